The first-order valence-corrected chi connectivity index (χ1v) is 6.64. The molecule has 98 valence electrons. The Balaban J connectivity index is 1.76. The molecule has 1 aliphatic carbocycles. The molecule has 4 nitrogen and oxygen atoms in total. The topological polar surface area (TPSA) is 55.2 Å². The molecule has 1 atom stereocenters. The second-order valence-electron chi connectivity index (χ2n) is 5.11. The van der Waals surface area contributed by atoms with Gasteiger partial charge < -0.3 is 5.32 Å². The molecule has 0 bridgehead atoms. The first-order chi connectivity index (χ1) is 8.66. The summed E-state index contributed by atoms with van der Waals surface area (Å²) in [7, 11) is 0. The Hall–Kier alpha value is -1.42. The van der Waals surface area contributed by atoms with E-state index >= 15 is 0 Å². The van der Waals surface area contributed by atoms with E-state index in [1.165, 1.54) is 25.7 Å². The second-order valence-corrected chi connectivity index (χ2v) is 5.11. The molecule has 1 aromatic carbocycles. The van der Waals surface area contributed by atoms with Crippen molar-refractivity contribution in [3.05, 3.63) is 39.9 Å². The van der Waals surface area contributed by atoms with E-state index in [9.17, 15) is 10.1 Å². The Morgan fingerprint density at radius 1 is 1.39 bits per heavy atom. The molecule has 0 aromatic heterocycles. The summed E-state index contributed by atoms with van der Waals surface area (Å²) in [5.41, 5.74) is 1.26. The highest BCUT2D eigenvalue weighted by atomic mass is 16.6. The summed E-state index contributed by atoms with van der Waals surface area (Å²) in [5, 5.41) is 14.0. The van der Waals surface area contributed by atoms with Crippen molar-refractivity contribution < 1.29 is 4.92 Å². The summed E-state index contributed by atoms with van der Waals surface area (Å²) in [6, 6.07) is 7.05. The number of benzene rings is 1. The summed E-state index contributed by atoms with van der Waals surface area (Å²) in [4.78, 5) is 10.2. The predicted octanol–water partition coefficient (Wildman–Crippen LogP) is 3.44. The van der Waals surface area contributed by atoms with Crippen LogP contribution in [0.25, 0.3) is 0 Å². The number of hydrogen-bond acceptors (Lipinski definition) is 3. The van der Waals surface area contributed by atoms with Crippen molar-refractivity contribution in [1.29, 1.82) is 0 Å². The Labute approximate surface area is 108 Å². The molecule has 0 aliphatic heterocycles. The van der Waals surface area contributed by atoms with Gasteiger partial charge in [-0.05, 0) is 37.8 Å². The van der Waals surface area contributed by atoms with E-state index in [0.29, 0.717) is 0 Å². The van der Waals surface area contributed by atoms with Crippen molar-refractivity contribution in [2.45, 2.75) is 38.6 Å². The smallest absolute Gasteiger partial charge is 0.269 e. The van der Waals surface area contributed by atoms with Crippen molar-refractivity contribution in [3.8, 4) is 0 Å². The Bertz CT molecular complexity index is 399. The molecule has 1 aliphatic rings. The van der Waals surface area contributed by atoms with Crippen molar-refractivity contribution >= 4 is 5.69 Å². The average molecular weight is 248 g/mol. The number of nitro benzene ring substituents is 1. The van der Waals surface area contributed by atoms with Gasteiger partial charge in [0.05, 0.1) is 4.92 Å². The SMILES string of the molecule is CC(NCCCC1CC1)c1ccc([N+](=O)[O-])cc1. The number of hydrogen-bond donors (Lipinski definition) is 1. The average Bonchev–Trinajstić information content (AvgIpc) is 3.18. The van der Waals surface area contributed by atoms with Crippen LogP contribution in [0.3, 0.4) is 0 Å². The highest BCUT2D eigenvalue weighted by Gasteiger charge is 2.20. The minimum absolute atomic E-state index is 0.152. The molecule has 1 fully saturated rings. The van der Waals surface area contributed by atoms with Gasteiger partial charge in [0, 0.05) is 18.2 Å². The normalized spacial score (nSPS) is 16.5. The summed E-state index contributed by atoms with van der Waals surface area (Å²) < 4.78 is 0. The van der Waals surface area contributed by atoms with Gasteiger partial charge in [-0.25, -0.2) is 0 Å². The van der Waals surface area contributed by atoms with E-state index in [4.69, 9.17) is 0 Å². The highest BCUT2D eigenvalue weighted by Crippen LogP contribution is 2.33. The maximum absolute atomic E-state index is 10.6. The van der Waals surface area contributed by atoms with Gasteiger partial charge in [-0.3, -0.25) is 10.1 Å². The van der Waals surface area contributed by atoms with E-state index < -0.39 is 0 Å². The van der Waals surface area contributed by atoms with Crippen LogP contribution in [0.4, 0.5) is 5.69 Å². The zero-order valence-corrected chi connectivity index (χ0v) is 10.8. The fraction of sp³-hybridized carbons (Fsp3) is 0.571. The molecular formula is C14H20N2O2. The lowest BCUT2D eigenvalue weighted by atomic mass is 10.1. The highest BCUT2D eigenvalue weighted by molar-refractivity contribution is 5.33. The fourth-order valence-corrected chi connectivity index (χ4v) is 2.12. The van der Waals surface area contributed by atoms with Crippen molar-refractivity contribution in [2.75, 3.05) is 6.54 Å². The lowest BCUT2D eigenvalue weighted by Gasteiger charge is -2.13. The Kier molecular flexibility index (Phi) is 4.31. The molecule has 2 rings (SSSR count). The van der Waals surface area contributed by atoms with E-state index in [1.54, 1.807) is 12.1 Å². The third-order valence-electron chi connectivity index (χ3n) is 3.54. The van der Waals surface area contributed by atoms with Gasteiger partial charge in [-0.1, -0.05) is 25.0 Å². The monoisotopic (exact) mass is 248 g/mol. The maximum Gasteiger partial charge on any atom is 0.269 e. The predicted molar refractivity (Wildman–Crippen MR) is 71.5 cm³/mol. The van der Waals surface area contributed by atoms with Crippen LogP contribution in [0, 0.1) is 16.0 Å². The molecule has 1 saturated carbocycles. The van der Waals surface area contributed by atoms with Gasteiger partial charge in [0.2, 0.25) is 0 Å². The number of nitrogens with zero attached hydrogens (tertiary/aromatic N) is 1. The van der Waals surface area contributed by atoms with Crippen LogP contribution < -0.4 is 5.32 Å². The fourth-order valence-electron chi connectivity index (χ4n) is 2.12. The number of nitrogens with one attached hydrogen (secondary N) is 1. The van der Waals surface area contributed by atoms with Gasteiger partial charge in [0.25, 0.3) is 5.69 Å². The quantitative estimate of drug-likeness (QED) is 0.457. The van der Waals surface area contributed by atoms with Gasteiger partial charge in [0.15, 0.2) is 0 Å². The molecule has 1 aromatic rings. The molecular weight excluding hydrogens is 228 g/mol. The molecule has 1 unspecified atom stereocenters. The third-order valence-corrected chi connectivity index (χ3v) is 3.54. The molecule has 1 N–H and O–H groups in total. The van der Waals surface area contributed by atoms with Crippen LogP contribution in [0.5, 0.6) is 0 Å². The Morgan fingerprint density at radius 3 is 2.61 bits per heavy atom. The maximum atomic E-state index is 10.6. The van der Waals surface area contributed by atoms with Crippen LogP contribution in [-0.4, -0.2) is 11.5 Å². The van der Waals surface area contributed by atoms with E-state index in [0.717, 1.165) is 18.0 Å². The van der Waals surface area contributed by atoms with Gasteiger partial charge in [0.1, 0.15) is 0 Å². The molecule has 0 amide bonds. The van der Waals surface area contributed by atoms with Crippen molar-refractivity contribution in [3.63, 3.8) is 0 Å². The van der Waals surface area contributed by atoms with Gasteiger partial charge >= 0.3 is 0 Å². The summed E-state index contributed by atoms with van der Waals surface area (Å²) in [5.74, 6) is 0.987. The lowest BCUT2D eigenvalue weighted by Crippen LogP contribution is -2.19. The lowest BCUT2D eigenvalue weighted by molar-refractivity contribution is -0.384. The van der Waals surface area contributed by atoms with Gasteiger partial charge in [-0.2, -0.15) is 0 Å². The largest absolute Gasteiger partial charge is 0.310 e. The number of nitro groups is 1. The van der Waals surface area contributed by atoms with Gasteiger partial charge in [-0.15, -0.1) is 0 Å². The first kappa shape index (κ1) is 13.0. The van der Waals surface area contributed by atoms with Crippen LogP contribution in [0.15, 0.2) is 24.3 Å². The van der Waals surface area contributed by atoms with E-state index in [2.05, 4.69) is 12.2 Å². The van der Waals surface area contributed by atoms with Crippen LogP contribution >= 0.6 is 0 Å². The third kappa shape index (κ3) is 3.81. The standard InChI is InChI=1S/C14H20N2O2/c1-11(15-10-2-3-12-4-5-12)13-6-8-14(9-7-13)16(17)18/h6-9,11-12,15H,2-5,10H2,1H3. The molecule has 18 heavy (non-hydrogen) atoms. The van der Waals surface area contributed by atoms with Crippen molar-refractivity contribution in [2.24, 2.45) is 5.92 Å². The summed E-state index contributed by atoms with van der Waals surface area (Å²) in [6.45, 7) is 3.12. The van der Waals surface area contributed by atoms with Crippen molar-refractivity contribution in [1.82, 2.24) is 5.32 Å². The molecule has 4 heteroatoms. The van der Waals surface area contributed by atoms with E-state index in [1.807, 2.05) is 12.1 Å². The van der Waals surface area contributed by atoms with Crippen LogP contribution in [-0.2, 0) is 0 Å². The van der Waals surface area contributed by atoms with Crippen LogP contribution in [0.1, 0.15) is 44.2 Å². The van der Waals surface area contributed by atoms with E-state index in [-0.39, 0.29) is 16.7 Å². The molecule has 0 spiro atoms. The zero-order valence-electron chi connectivity index (χ0n) is 10.8. The summed E-state index contributed by atoms with van der Waals surface area (Å²) >= 11 is 0. The zero-order chi connectivity index (χ0) is 13.0. The number of non-ortho nitro benzene ring substituents is 1. The van der Waals surface area contributed by atoms with Crippen LogP contribution in [0.2, 0.25) is 0 Å². The first-order valence-electron chi connectivity index (χ1n) is 6.64. The molecule has 0 heterocycles. The second kappa shape index (κ2) is 5.96. The number of rotatable bonds is 7. The summed E-state index contributed by atoms with van der Waals surface area (Å²) in [6.07, 6.45) is 5.39. The molecule has 0 radical (unpaired) electrons. The minimum Gasteiger partial charge on any atom is -0.310 e. The molecule has 0 saturated heterocycles. The Morgan fingerprint density at radius 2 is 2.06 bits per heavy atom. The minimum atomic E-state index is -0.364.